The Bertz CT molecular complexity index is 604. The van der Waals surface area contributed by atoms with E-state index in [1.807, 2.05) is 0 Å². The Morgan fingerprint density at radius 1 is 1.26 bits per heavy atom. The van der Waals surface area contributed by atoms with Crippen LogP contribution in [0.4, 0.5) is 13.2 Å². The van der Waals surface area contributed by atoms with Crippen molar-refractivity contribution in [2.24, 2.45) is 0 Å². The Morgan fingerprint density at radius 2 is 1.87 bits per heavy atom. The van der Waals surface area contributed by atoms with E-state index in [0.717, 1.165) is 12.1 Å². The number of halogens is 3. The predicted octanol–water partition coefficient (Wildman–Crippen LogP) is 2.95. The summed E-state index contributed by atoms with van der Waals surface area (Å²) in [5, 5.41) is 2.47. The number of esters is 1. The Labute approximate surface area is 131 Å². The van der Waals surface area contributed by atoms with E-state index in [2.05, 4.69) is 11.9 Å². The van der Waals surface area contributed by atoms with Crippen molar-refractivity contribution in [3.05, 3.63) is 53.6 Å². The molecule has 7 heteroatoms. The quantitative estimate of drug-likeness (QED) is 0.496. The van der Waals surface area contributed by atoms with Gasteiger partial charge in [0.05, 0.1) is 12.1 Å². The Kier molecular flexibility index (Phi) is 6.56. The van der Waals surface area contributed by atoms with E-state index in [4.69, 9.17) is 4.74 Å². The molecule has 0 aliphatic rings. The maximum Gasteiger partial charge on any atom is 0.416 e. The lowest BCUT2D eigenvalue weighted by molar-refractivity contribution is -0.139. The molecule has 0 bridgehead atoms. The molecule has 0 spiro atoms. The fourth-order valence-corrected chi connectivity index (χ4v) is 1.46. The number of rotatable bonds is 6. The van der Waals surface area contributed by atoms with Crippen molar-refractivity contribution in [3.8, 4) is 0 Å². The third-order valence-corrected chi connectivity index (χ3v) is 2.65. The molecule has 1 aromatic rings. The Hall–Kier alpha value is -2.57. The first-order chi connectivity index (χ1) is 10.7. The van der Waals surface area contributed by atoms with Crippen molar-refractivity contribution < 1.29 is 27.5 Å². The summed E-state index contributed by atoms with van der Waals surface area (Å²) in [6.45, 7) is 5.04. The summed E-state index contributed by atoms with van der Waals surface area (Å²) in [4.78, 5) is 22.6. The van der Waals surface area contributed by atoms with Crippen LogP contribution >= 0.6 is 0 Å². The number of alkyl halides is 3. The van der Waals surface area contributed by atoms with E-state index >= 15 is 0 Å². The second kappa shape index (κ2) is 8.17. The van der Waals surface area contributed by atoms with Crippen LogP contribution < -0.4 is 5.32 Å². The monoisotopic (exact) mass is 327 g/mol. The van der Waals surface area contributed by atoms with Crippen molar-refractivity contribution in [2.75, 3.05) is 13.2 Å². The summed E-state index contributed by atoms with van der Waals surface area (Å²) in [6.07, 6.45) is -1.82. The summed E-state index contributed by atoms with van der Waals surface area (Å²) in [7, 11) is 0. The maximum absolute atomic E-state index is 12.4. The minimum atomic E-state index is -4.39. The van der Waals surface area contributed by atoms with Gasteiger partial charge in [-0.3, -0.25) is 4.79 Å². The minimum absolute atomic E-state index is 0.00551. The molecule has 1 rings (SSSR count). The molecular formula is C16H16F3NO3. The highest BCUT2D eigenvalue weighted by atomic mass is 19.4. The number of nitrogens with one attached hydrogen (secondary N) is 1. The molecule has 23 heavy (non-hydrogen) atoms. The first-order valence-corrected chi connectivity index (χ1v) is 6.66. The van der Waals surface area contributed by atoms with Gasteiger partial charge in [-0.1, -0.05) is 18.7 Å². The number of hydrogen-bond donors (Lipinski definition) is 1. The van der Waals surface area contributed by atoms with Gasteiger partial charge in [-0.05, 0) is 30.7 Å². The molecule has 1 amide bonds. The zero-order valence-electron chi connectivity index (χ0n) is 12.4. The molecule has 124 valence electrons. The topological polar surface area (TPSA) is 55.4 Å². The average Bonchev–Trinajstić information content (AvgIpc) is 2.48. The fraction of sp³-hybridized carbons (Fsp3) is 0.250. The molecular weight excluding hydrogens is 311 g/mol. The molecule has 0 aromatic heterocycles. The number of hydrogen-bond acceptors (Lipinski definition) is 3. The summed E-state index contributed by atoms with van der Waals surface area (Å²) >= 11 is 0. The van der Waals surface area contributed by atoms with Crippen molar-refractivity contribution in [3.63, 3.8) is 0 Å². The molecule has 0 aliphatic heterocycles. The van der Waals surface area contributed by atoms with Gasteiger partial charge in [0, 0.05) is 11.6 Å². The largest absolute Gasteiger partial charge is 0.460 e. The number of carbonyl (C=O) groups is 2. The van der Waals surface area contributed by atoms with Gasteiger partial charge >= 0.3 is 12.1 Å². The van der Waals surface area contributed by atoms with Crippen LogP contribution in [-0.4, -0.2) is 25.0 Å². The molecule has 0 heterocycles. The number of ether oxygens (including phenoxy) is 1. The lowest BCUT2D eigenvalue weighted by atomic mass is 10.1. The number of carbonyl (C=O) groups excluding carboxylic acids is 2. The van der Waals surface area contributed by atoms with Crippen LogP contribution in [0.25, 0.3) is 6.08 Å². The molecule has 0 atom stereocenters. The van der Waals surface area contributed by atoms with Crippen LogP contribution in [0, 0.1) is 0 Å². The zero-order valence-corrected chi connectivity index (χ0v) is 12.4. The lowest BCUT2D eigenvalue weighted by Gasteiger charge is -2.06. The highest BCUT2D eigenvalue weighted by molar-refractivity contribution is 5.91. The molecule has 1 N–H and O–H groups in total. The average molecular weight is 327 g/mol. The standard InChI is InChI=1S/C16H16F3NO3/c1-11(2)15(22)23-10-9-20-14(21)8-5-12-3-6-13(7-4-12)16(17,18)19/h3-8H,1,9-10H2,2H3,(H,20,21)/b8-5+. The van der Waals surface area contributed by atoms with E-state index in [1.54, 1.807) is 0 Å². The van der Waals surface area contributed by atoms with Crippen LogP contribution in [0.2, 0.25) is 0 Å². The molecule has 4 nitrogen and oxygen atoms in total. The summed E-state index contributed by atoms with van der Waals surface area (Å²) < 4.78 is 41.9. The molecule has 0 radical (unpaired) electrons. The van der Waals surface area contributed by atoms with Gasteiger partial charge in [-0.2, -0.15) is 13.2 Å². The smallest absolute Gasteiger partial charge is 0.416 e. The van der Waals surface area contributed by atoms with Gasteiger partial charge in [0.15, 0.2) is 0 Å². The minimum Gasteiger partial charge on any atom is -0.460 e. The second-order valence-electron chi connectivity index (χ2n) is 4.66. The van der Waals surface area contributed by atoms with E-state index in [0.29, 0.717) is 5.56 Å². The zero-order chi connectivity index (χ0) is 17.5. The Morgan fingerprint density at radius 3 is 2.39 bits per heavy atom. The third kappa shape index (κ3) is 6.82. The van der Waals surface area contributed by atoms with Gasteiger partial charge < -0.3 is 10.1 Å². The van der Waals surface area contributed by atoms with E-state index in [-0.39, 0.29) is 18.7 Å². The maximum atomic E-state index is 12.4. The van der Waals surface area contributed by atoms with Gasteiger partial charge in [-0.15, -0.1) is 0 Å². The fourth-order valence-electron chi connectivity index (χ4n) is 1.46. The lowest BCUT2D eigenvalue weighted by Crippen LogP contribution is -2.26. The number of benzene rings is 1. The summed E-state index contributed by atoms with van der Waals surface area (Å²) in [6, 6.07) is 4.41. The predicted molar refractivity (Wildman–Crippen MR) is 79.3 cm³/mol. The first kappa shape index (κ1) is 18.5. The van der Waals surface area contributed by atoms with Crippen molar-refractivity contribution in [1.82, 2.24) is 5.32 Å². The molecule has 0 aliphatic carbocycles. The molecule has 0 fully saturated rings. The Balaban J connectivity index is 2.40. The van der Waals surface area contributed by atoms with Gasteiger partial charge in [0.25, 0.3) is 0 Å². The highest BCUT2D eigenvalue weighted by Gasteiger charge is 2.29. The van der Waals surface area contributed by atoms with Crippen molar-refractivity contribution in [1.29, 1.82) is 0 Å². The van der Waals surface area contributed by atoms with E-state index in [1.165, 1.54) is 31.2 Å². The van der Waals surface area contributed by atoms with Crippen molar-refractivity contribution in [2.45, 2.75) is 13.1 Å². The summed E-state index contributed by atoms with van der Waals surface area (Å²) in [5.41, 5.74) is -0.0289. The van der Waals surface area contributed by atoms with Crippen LogP contribution in [0.5, 0.6) is 0 Å². The second-order valence-corrected chi connectivity index (χ2v) is 4.66. The van der Waals surface area contributed by atoms with Gasteiger partial charge in [-0.25, -0.2) is 4.79 Å². The van der Waals surface area contributed by atoms with Crippen LogP contribution in [-0.2, 0) is 20.5 Å². The molecule has 0 saturated heterocycles. The van der Waals surface area contributed by atoms with Crippen LogP contribution in [0.15, 0.2) is 42.5 Å². The first-order valence-electron chi connectivity index (χ1n) is 6.66. The summed E-state index contributed by atoms with van der Waals surface area (Å²) in [5.74, 6) is -0.990. The van der Waals surface area contributed by atoms with Crippen LogP contribution in [0.1, 0.15) is 18.1 Å². The van der Waals surface area contributed by atoms with Gasteiger partial charge in [0.2, 0.25) is 5.91 Å². The molecule has 1 aromatic carbocycles. The molecule has 0 unspecified atom stereocenters. The SMILES string of the molecule is C=C(C)C(=O)OCCNC(=O)/C=C/c1ccc(C(F)(F)F)cc1. The van der Waals surface area contributed by atoms with E-state index in [9.17, 15) is 22.8 Å². The number of amides is 1. The third-order valence-electron chi connectivity index (χ3n) is 2.65. The normalized spacial score (nSPS) is 11.3. The highest BCUT2D eigenvalue weighted by Crippen LogP contribution is 2.29. The van der Waals surface area contributed by atoms with E-state index < -0.39 is 23.6 Å². The van der Waals surface area contributed by atoms with Crippen LogP contribution in [0.3, 0.4) is 0 Å². The van der Waals surface area contributed by atoms with Crippen molar-refractivity contribution >= 4 is 18.0 Å². The van der Waals surface area contributed by atoms with Gasteiger partial charge in [0.1, 0.15) is 6.61 Å². The molecule has 0 saturated carbocycles.